The van der Waals surface area contributed by atoms with Crippen LogP contribution in [0.4, 0.5) is 10.5 Å². The Morgan fingerprint density at radius 1 is 1.06 bits per heavy atom. The monoisotopic (exact) mass is 477 g/mol. The van der Waals surface area contributed by atoms with Gasteiger partial charge in [-0.25, -0.2) is 9.78 Å². The molecule has 0 aliphatic rings. The van der Waals surface area contributed by atoms with Gasteiger partial charge in [-0.1, -0.05) is 26.2 Å². The molecule has 0 bridgehead atoms. The number of carbonyl (C=O) groups excluding carboxylic acids is 1. The molecule has 0 aliphatic carbocycles. The molecule has 1 heterocycles. The molecule has 6 nitrogen and oxygen atoms in total. The van der Waals surface area contributed by atoms with Crippen molar-refractivity contribution >= 4 is 35.2 Å². The molecule has 2 N–H and O–H groups in total. The minimum atomic E-state index is -0.225. The molecule has 0 saturated heterocycles. The van der Waals surface area contributed by atoms with E-state index in [0.29, 0.717) is 6.54 Å². The van der Waals surface area contributed by atoms with Gasteiger partial charge >= 0.3 is 6.03 Å². The molecule has 0 radical (unpaired) electrons. The van der Waals surface area contributed by atoms with Gasteiger partial charge in [0.2, 0.25) is 0 Å². The van der Waals surface area contributed by atoms with Gasteiger partial charge in [-0.2, -0.15) is 0 Å². The fourth-order valence-electron chi connectivity index (χ4n) is 3.51. The first-order chi connectivity index (χ1) is 15.4. The number of aryl methyl sites for hydroxylation is 1. The minimum absolute atomic E-state index is 0.160. The van der Waals surface area contributed by atoms with Crippen LogP contribution in [0, 0.1) is 6.92 Å². The fourth-order valence-corrected chi connectivity index (χ4v) is 4.81. The Balaban J connectivity index is 2.17. The third-order valence-corrected chi connectivity index (χ3v) is 6.68. The first-order valence-electron chi connectivity index (χ1n) is 10.8. The maximum atomic E-state index is 12.8. The molecule has 1 aromatic heterocycles. The maximum Gasteiger partial charge on any atom is 0.319 e. The fraction of sp³-hybridized carbons (Fsp3) is 0.500. The van der Waals surface area contributed by atoms with Crippen LogP contribution in [0.2, 0.25) is 0 Å². The zero-order valence-corrected chi connectivity index (χ0v) is 21.5. The number of aromatic nitrogens is 1. The molecule has 1 unspecified atom stereocenters. The molecule has 176 valence electrons. The van der Waals surface area contributed by atoms with Crippen molar-refractivity contribution in [3.63, 3.8) is 0 Å². The Morgan fingerprint density at radius 2 is 1.75 bits per heavy atom. The van der Waals surface area contributed by atoms with E-state index in [1.807, 2.05) is 43.7 Å². The van der Waals surface area contributed by atoms with Gasteiger partial charge < -0.3 is 20.1 Å². The smallest absolute Gasteiger partial charge is 0.319 e. The molecule has 2 aromatic rings. The third kappa shape index (κ3) is 7.52. The summed E-state index contributed by atoms with van der Waals surface area (Å²) in [7, 11) is 3.30. The van der Waals surface area contributed by atoms with Gasteiger partial charge in [-0.05, 0) is 49.6 Å². The molecule has 32 heavy (non-hydrogen) atoms. The summed E-state index contributed by atoms with van der Waals surface area (Å²) in [6, 6.07) is 7.69. The first kappa shape index (κ1) is 26.2. The van der Waals surface area contributed by atoms with E-state index in [2.05, 4.69) is 22.5 Å². The van der Waals surface area contributed by atoms with Crippen molar-refractivity contribution in [2.75, 3.05) is 38.6 Å². The number of thioether (sulfide) groups is 2. The van der Waals surface area contributed by atoms with E-state index in [-0.39, 0.29) is 11.9 Å². The van der Waals surface area contributed by atoms with Crippen molar-refractivity contribution in [3.8, 4) is 11.5 Å². The van der Waals surface area contributed by atoms with E-state index in [1.54, 1.807) is 26.0 Å². The molecule has 0 spiro atoms. The van der Waals surface area contributed by atoms with Gasteiger partial charge in [-0.3, -0.25) is 0 Å². The molecule has 2 rings (SSSR count). The van der Waals surface area contributed by atoms with Crippen LogP contribution < -0.4 is 20.1 Å². The van der Waals surface area contributed by atoms with Crippen LogP contribution in [0.25, 0.3) is 0 Å². The number of hydrogen-bond donors (Lipinski definition) is 2. The largest absolute Gasteiger partial charge is 0.497 e. The van der Waals surface area contributed by atoms with Crippen LogP contribution in [-0.4, -0.2) is 44.3 Å². The zero-order chi connectivity index (χ0) is 23.5. The van der Waals surface area contributed by atoms with E-state index in [4.69, 9.17) is 9.47 Å². The number of urea groups is 1. The minimum Gasteiger partial charge on any atom is -0.497 e. The van der Waals surface area contributed by atoms with E-state index in [1.165, 1.54) is 11.8 Å². The van der Waals surface area contributed by atoms with Crippen molar-refractivity contribution in [1.29, 1.82) is 0 Å². The second-order valence-electron chi connectivity index (χ2n) is 7.52. The number of nitrogens with one attached hydrogen (secondary N) is 2. The number of anilines is 1. The Morgan fingerprint density at radius 3 is 2.31 bits per heavy atom. The maximum absolute atomic E-state index is 12.8. The summed E-state index contributed by atoms with van der Waals surface area (Å²) >= 11 is 3.13. The molecule has 1 atom stereocenters. The second-order valence-corrected chi connectivity index (χ2v) is 9.17. The van der Waals surface area contributed by atoms with Crippen molar-refractivity contribution in [2.45, 2.75) is 55.4 Å². The average Bonchev–Trinajstić information content (AvgIpc) is 2.81. The van der Waals surface area contributed by atoms with Crippen LogP contribution in [0.5, 0.6) is 11.5 Å². The predicted octanol–water partition coefficient (Wildman–Crippen LogP) is 6.34. The lowest BCUT2D eigenvalue weighted by Gasteiger charge is -2.20. The number of pyridine rings is 1. The Kier molecular flexibility index (Phi) is 11.0. The van der Waals surface area contributed by atoms with Gasteiger partial charge in [0.25, 0.3) is 0 Å². The number of benzene rings is 1. The average molecular weight is 478 g/mol. The van der Waals surface area contributed by atoms with Crippen LogP contribution in [0.1, 0.15) is 49.8 Å². The van der Waals surface area contributed by atoms with Gasteiger partial charge in [0.05, 0.1) is 19.9 Å². The van der Waals surface area contributed by atoms with Gasteiger partial charge in [-0.15, -0.1) is 23.5 Å². The number of rotatable bonds is 12. The molecule has 0 aliphatic heterocycles. The quantitative estimate of drug-likeness (QED) is 0.275. The summed E-state index contributed by atoms with van der Waals surface area (Å²) in [5, 5.41) is 6.92. The van der Waals surface area contributed by atoms with E-state index in [9.17, 15) is 4.79 Å². The summed E-state index contributed by atoms with van der Waals surface area (Å²) in [6.45, 7) is 4.68. The Hall–Kier alpha value is -2.06. The number of amides is 2. The lowest BCUT2D eigenvalue weighted by molar-refractivity contribution is 0.251. The first-order valence-corrected chi connectivity index (χ1v) is 13.3. The Labute approximate surface area is 200 Å². The lowest BCUT2D eigenvalue weighted by atomic mass is 9.92. The normalized spacial score (nSPS) is 11.7. The topological polar surface area (TPSA) is 72.5 Å². The van der Waals surface area contributed by atoms with Crippen LogP contribution in [-0.2, 0) is 0 Å². The summed E-state index contributed by atoms with van der Waals surface area (Å²) < 4.78 is 10.9. The molecule has 1 aromatic carbocycles. The molecule has 0 fully saturated rings. The van der Waals surface area contributed by atoms with E-state index >= 15 is 0 Å². The highest BCUT2D eigenvalue weighted by molar-refractivity contribution is 7.99. The van der Waals surface area contributed by atoms with Gasteiger partial charge in [0.15, 0.2) is 0 Å². The summed E-state index contributed by atoms with van der Waals surface area (Å²) in [6.07, 6.45) is 8.35. The SMILES string of the molecule is CCCCCC(CNC(=O)Nc1c(SC)cc(C)nc1SC)c1cc(OC)cc(OC)c1. The van der Waals surface area contributed by atoms with Crippen molar-refractivity contribution in [3.05, 3.63) is 35.5 Å². The zero-order valence-electron chi connectivity index (χ0n) is 19.9. The standard InChI is InChI=1S/C24H35N3O3S2/c1-7-8-9-10-17(18-12-19(29-3)14-20(13-18)30-4)15-25-24(28)27-22-21(31-5)11-16(2)26-23(22)32-6/h11-14,17H,7-10,15H2,1-6H3,(H2,25,27,28). The van der Waals surface area contributed by atoms with Gasteiger partial charge in [0, 0.05) is 29.1 Å². The number of ether oxygens (including phenoxy) is 2. The summed E-state index contributed by atoms with van der Waals surface area (Å²) in [4.78, 5) is 18.4. The Bertz CT molecular complexity index is 846. The highest BCUT2D eigenvalue weighted by Crippen LogP contribution is 2.34. The number of unbranched alkanes of at least 4 members (excludes halogenated alkanes) is 2. The molecular weight excluding hydrogens is 442 g/mol. The van der Waals surface area contributed by atoms with E-state index in [0.717, 1.165) is 64.0 Å². The summed E-state index contributed by atoms with van der Waals surface area (Å²) in [5.74, 6) is 1.67. The number of hydrogen-bond acceptors (Lipinski definition) is 6. The van der Waals surface area contributed by atoms with Crippen LogP contribution in [0.3, 0.4) is 0 Å². The highest BCUT2D eigenvalue weighted by atomic mass is 32.2. The lowest BCUT2D eigenvalue weighted by Crippen LogP contribution is -2.33. The second kappa shape index (κ2) is 13.5. The summed E-state index contributed by atoms with van der Waals surface area (Å²) in [5.41, 5.74) is 2.80. The van der Waals surface area contributed by atoms with Crippen molar-refractivity contribution in [1.82, 2.24) is 10.3 Å². The molecular formula is C24H35N3O3S2. The van der Waals surface area contributed by atoms with Crippen molar-refractivity contribution in [2.24, 2.45) is 0 Å². The van der Waals surface area contributed by atoms with Crippen LogP contribution in [0.15, 0.2) is 34.2 Å². The number of carbonyl (C=O) groups is 1. The molecule has 8 heteroatoms. The van der Waals surface area contributed by atoms with Crippen molar-refractivity contribution < 1.29 is 14.3 Å². The highest BCUT2D eigenvalue weighted by Gasteiger charge is 2.18. The molecule has 0 saturated carbocycles. The van der Waals surface area contributed by atoms with Gasteiger partial charge in [0.1, 0.15) is 16.5 Å². The predicted molar refractivity (Wildman–Crippen MR) is 136 cm³/mol. The third-order valence-electron chi connectivity index (χ3n) is 5.24. The molecule has 2 amide bonds. The number of methoxy groups -OCH3 is 2. The van der Waals surface area contributed by atoms with Crippen LogP contribution >= 0.6 is 23.5 Å². The van der Waals surface area contributed by atoms with E-state index < -0.39 is 0 Å². The number of nitrogens with zero attached hydrogens (tertiary/aromatic N) is 1.